The first kappa shape index (κ1) is 14.0. The predicted molar refractivity (Wildman–Crippen MR) is 71.8 cm³/mol. The minimum Gasteiger partial charge on any atom is -0.378 e. The fourth-order valence-electron chi connectivity index (χ4n) is 2.06. The smallest absolute Gasteiger partial charge is 0.310 e. The van der Waals surface area contributed by atoms with Crippen molar-refractivity contribution in [2.45, 2.75) is 12.0 Å². The fourth-order valence-corrected chi connectivity index (χ4v) is 2.30. The maximum absolute atomic E-state index is 11.0. The molecule has 1 aromatic rings. The van der Waals surface area contributed by atoms with Gasteiger partial charge in [0.15, 0.2) is 0 Å². The average Bonchev–Trinajstić information content (AvgIpc) is 2.85. The summed E-state index contributed by atoms with van der Waals surface area (Å²) < 4.78 is 10.8. The SMILES string of the molecule is COC1(CNc2cccc(Cl)c2[N+](=O)[O-])CCOC1. The third-order valence-electron chi connectivity index (χ3n) is 3.27. The standard InChI is InChI=1S/C12H15ClN2O4/c1-18-12(5-6-19-8-12)7-14-10-4-2-3-9(13)11(10)15(16)17/h2-4,14H,5-8H2,1H3. The second kappa shape index (κ2) is 5.73. The topological polar surface area (TPSA) is 73.6 Å². The van der Waals surface area contributed by atoms with E-state index in [4.69, 9.17) is 21.1 Å². The zero-order chi connectivity index (χ0) is 13.9. The van der Waals surface area contributed by atoms with E-state index in [0.717, 1.165) is 6.42 Å². The molecule has 0 bridgehead atoms. The van der Waals surface area contributed by atoms with Gasteiger partial charge in [-0.25, -0.2) is 0 Å². The molecular formula is C12H15ClN2O4. The first-order valence-corrected chi connectivity index (χ1v) is 6.25. The summed E-state index contributed by atoms with van der Waals surface area (Å²) in [5.41, 5.74) is -0.161. The molecule has 1 aromatic carbocycles. The van der Waals surface area contributed by atoms with Gasteiger partial charge in [-0.05, 0) is 12.1 Å². The lowest BCUT2D eigenvalue weighted by Gasteiger charge is -2.26. The Morgan fingerprint density at radius 1 is 1.63 bits per heavy atom. The minimum atomic E-state index is -0.491. The van der Waals surface area contributed by atoms with Crippen molar-refractivity contribution in [2.24, 2.45) is 0 Å². The van der Waals surface area contributed by atoms with E-state index in [1.54, 1.807) is 19.2 Å². The first-order valence-electron chi connectivity index (χ1n) is 5.88. The van der Waals surface area contributed by atoms with Crippen LogP contribution in [0.4, 0.5) is 11.4 Å². The zero-order valence-corrected chi connectivity index (χ0v) is 11.3. The van der Waals surface area contributed by atoms with Crippen molar-refractivity contribution < 1.29 is 14.4 Å². The van der Waals surface area contributed by atoms with Crippen LogP contribution in [0.1, 0.15) is 6.42 Å². The molecule has 104 valence electrons. The molecule has 19 heavy (non-hydrogen) atoms. The van der Waals surface area contributed by atoms with Crippen molar-refractivity contribution in [3.63, 3.8) is 0 Å². The number of nitrogens with one attached hydrogen (secondary N) is 1. The Hall–Kier alpha value is -1.37. The van der Waals surface area contributed by atoms with Crippen molar-refractivity contribution in [1.29, 1.82) is 0 Å². The van der Waals surface area contributed by atoms with Crippen LogP contribution >= 0.6 is 11.6 Å². The number of anilines is 1. The molecule has 1 heterocycles. The normalized spacial score (nSPS) is 22.4. The molecule has 1 saturated heterocycles. The van der Waals surface area contributed by atoms with Gasteiger partial charge >= 0.3 is 5.69 Å². The van der Waals surface area contributed by atoms with E-state index in [1.165, 1.54) is 6.07 Å². The fraction of sp³-hybridized carbons (Fsp3) is 0.500. The van der Waals surface area contributed by atoms with E-state index >= 15 is 0 Å². The lowest BCUT2D eigenvalue weighted by Crippen LogP contribution is -2.39. The number of nitrogens with zero attached hydrogens (tertiary/aromatic N) is 1. The van der Waals surface area contributed by atoms with Crippen LogP contribution in [-0.2, 0) is 9.47 Å². The van der Waals surface area contributed by atoms with Crippen molar-refractivity contribution >= 4 is 23.0 Å². The Balaban J connectivity index is 2.15. The minimum absolute atomic E-state index is 0.115. The quantitative estimate of drug-likeness (QED) is 0.665. The number of hydrogen-bond acceptors (Lipinski definition) is 5. The summed E-state index contributed by atoms with van der Waals surface area (Å²) in [4.78, 5) is 10.5. The van der Waals surface area contributed by atoms with E-state index < -0.39 is 10.5 Å². The van der Waals surface area contributed by atoms with Gasteiger partial charge in [0.2, 0.25) is 0 Å². The Morgan fingerprint density at radius 3 is 3.00 bits per heavy atom. The van der Waals surface area contributed by atoms with E-state index in [1.807, 2.05) is 0 Å². The summed E-state index contributed by atoms with van der Waals surface area (Å²) in [6.07, 6.45) is 0.755. The van der Waals surface area contributed by atoms with Gasteiger partial charge in [0.1, 0.15) is 16.3 Å². The summed E-state index contributed by atoms with van der Waals surface area (Å²) in [7, 11) is 1.61. The number of nitro groups is 1. The molecule has 1 fully saturated rings. The van der Waals surface area contributed by atoms with Gasteiger partial charge < -0.3 is 14.8 Å². The molecule has 0 amide bonds. The summed E-state index contributed by atoms with van der Waals surface area (Å²) in [5.74, 6) is 0. The van der Waals surface area contributed by atoms with Crippen molar-refractivity contribution in [3.05, 3.63) is 33.3 Å². The van der Waals surface area contributed by atoms with E-state index in [2.05, 4.69) is 5.32 Å². The molecule has 1 aliphatic heterocycles. The van der Waals surface area contributed by atoms with E-state index in [0.29, 0.717) is 25.4 Å². The zero-order valence-electron chi connectivity index (χ0n) is 10.5. The van der Waals surface area contributed by atoms with Gasteiger partial charge in [-0.1, -0.05) is 17.7 Å². The van der Waals surface area contributed by atoms with Gasteiger partial charge in [0.25, 0.3) is 0 Å². The molecule has 0 aliphatic carbocycles. The van der Waals surface area contributed by atoms with Gasteiger partial charge in [0, 0.05) is 26.7 Å². The molecule has 0 saturated carbocycles. The summed E-state index contributed by atoms with van der Waals surface area (Å²) in [6.45, 7) is 1.54. The Morgan fingerprint density at radius 2 is 2.42 bits per heavy atom. The van der Waals surface area contributed by atoms with Crippen LogP contribution in [-0.4, -0.2) is 37.4 Å². The molecule has 1 unspecified atom stereocenters. The lowest BCUT2D eigenvalue weighted by atomic mass is 10.0. The molecule has 0 aromatic heterocycles. The second-order valence-electron chi connectivity index (χ2n) is 4.44. The second-order valence-corrected chi connectivity index (χ2v) is 4.84. The highest BCUT2D eigenvalue weighted by Gasteiger charge is 2.35. The Kier molecular flexibility index (Phi) is 4.24. The molecule has 7 heteroatoms. The van der Waals surface area contributed by atoms with E-state index in [-0.39, 0.29) is 10.7 Å². The van der Waals surface area contributed by atoms with Crippen LogP contribution < -0.4 is 5.32 Å². The number of hydrogen-bond donors (Lipinski definition) is 1. The molecule has 0 radical (unpaired) electrons. The molecule has 0 spiro atoms. The van der Waals surface area contributed by atoms with Crippen LogP contribution in [0.5, 0.6) is 0 Å². The van der Waals surface area contributed by atoms with Crippen LogP contribution in [0.15, 0.2) is 18.2 Å². The van der Waals surface area contributed by atoms with E-state index in [9.17, 15) is 10.1 Å². The lowest BCUT2D eigenvalue weighted by molar-refractivity contribution is -0.383. The van der Waals surface area contributed by atoms with Crippen LogP contribution in [0.3, 0.4) is 0 Å². The van der Waals surface area contributed by atoms with Crippen molar-refractivity contribution in [1.82, 2.24) is 0 Å². The van der Waals surface area contributed by atoms with Gasteiger partial charge in [0.05, 0.1) is 11.5 Å². The Bertz CT molecular complexity index is 475. The summed E-state index contributed by atoms with van der Waals surface area (Å²) in [5, 5.41) is 14.2. The third kappa shape index (κ3) is 2.97. The highest BCUT2D eigenvalue weighted by atomic mass is 35.5. The molecule has 1 aliphatic rings. The first-order chi connectivity index (χ1) is 9.08. The van der Waals surface area contributed by atoms with Crippen LogP contribution in [0, 0.1) is 10.1 Å². The Labute approximate surface area is 115 Å². The van der Waals surface area contributed by atoms with Gasteiger partial charge in [-0.3, -0.25) is 10.1 Å². The maximum Gasteiger partial charge on any atom is 0.310 e. The van der Waals surface area contributed by atoms with Crippen molar-refractivity contribution in [3.8, 4) is 0 Å². The third-order valence-corrected chi connectivity index (χ3v) is 3.58. The molecule has 6 nitrogen and oxygen atoms in total. The summed E-state index contributed by atoms with van der Waals surface area (Å²) >= 11 is 5.85. The van der Waals surface area contributed by atoms with Crippen LogP contribution in [0.2, 0.25) is 5.02 Å². The summed E-state index contributed by atoms with van der Waals surface area (Å²) in [6, 6.07) is 4.79. The molecular weight excluding hydrogens is 272 g/mol. The number of methoxy groups -OCH3 is 1. The van der Waals surface area contributed by atoms with Gasteiger partial charge in [-0.2, -0.15) is 0 Å². The number of halogens is 1. The average molecular weight is 287 g/mol. The number of ether oxygens (including phenoxy) is 2. The molecule has 1 atom stereocenters. The number of rotatable bonds is 5. The number of nitro benzene ring substituents is 1. The highest BCUT2D eigenvalue weighted by Crippen LogP contribution is 2.33. The monoisotopic (exact) mass is 286 g/mol. The predicted octanol–water partition coefficient (Wildman–Crippen LogP) is 2.47. The van der Waals surface area contributed by atoms with Gasteiger partial charge in [-0.15, -0.1) is 0 Å². The molecule has 1 N–H and O–H groups in total. The molecule has 2 rings (SSSR count). The number of benzene rings is 1. The van der Waals surface area contributed by atoms with Crippen LogP contribution in [0.25, 0.3) is 0 Å². The maximum atomic E-state index is 11.0. The largest absolute Gasteiger partial charge is 0.378 e. The highest BCUT2D eigenvalue weighted by molar-refractivity contribution is 6.33. The van der Waals surface area contributed by atoms with Crippen molar-refractivity contribution in [2.75, 3.05) is 32.2 Å². The number of para-hydroxylation sites is 1.